The molecule has 144 valence electrons. The van der Waals surface area contributed by atoms with Crippen LogP contribution in [0.15, 0.2) is 69.5 Å². The zero-order valence-corrected chi connectivity index (χ0v) is 15.8. The van der Waals surface area contributed by atoms with Crippen molar-refractivity contribution in [2.45, 2.75) is 41.7 Å². The van der Waals surface area contributed by atoms with Gasteiger partial charge in [0, 0.05) is 24.9 Å². The van der Waals surface area contributed by atoms with Gasteiger partial charge in [-0.25, -0.2) is 14.4 Å². The van der Waals surface area contributed by atoms with Crippen LogP contribution in [0.1, 0.15) is 30.2 Å². The average Bonchev–Trinajstić information content (AvgIpc) is 3.15. The molecule has 3 heterocycles. The van der Waals surface area contributed by atoms with Crippen LogP contribution < -0.4 is 10.6 Å². The molecule has 1 aliphatic heterocycles. The summed E-state index contributed by atoms with van der Waals surface area (Å²) in [7, 11) is 0. The Morgan fingerprint density at radius 1 is 1.21 bits per heavy atom. The van der Waals surface area contributed by atoms with E-state index in [1.165, 1.54) is 23.9 Å². The number of benzene rings is 1. The van der Waals surface area contributed by atoms with Gasteiger partial charge in [0.1, 0.15) is 11.6 Å². The molecule has 1 amide bonds. The lowest BCUT2D eigenvalue weighted by Crippen LogP contribution is -2.48. The predicted molar refractivity (Wildman–Crippen MR) is 102 cm³/mol. The van der Waals surface area contributed by atoms with Crippen molar-refractivity contribution in [2.75, 3.05) is 0 Å². The van der Waals surface area contributed by atoms with Gasteiger partial charge < -0.3 is 15.1 Å². The minimum Gasteiger partial charge on any atom is -0.453 e. The van der Waals surface area contributed by atoms with E-state index in [1.54, 1.807) is 24.5 Å². The average molecular weight is 398 g/mol. The summed E-state index contributed by atoms with van der Waals surface area (Å²) < 4.78 is 19.5. The van der Waals surface area contributed by atoms with Crippen LogP contribution in [0, 0.1) is 5.82 Å². The van der Waals surface area contributed by atoms with E-state index in [2.05, 4.69) is 20.6 Å². The summed E-state index contributed by atoms with van der Waals surface area (Å²) >= 11 is 1.35. The van der Waals surface area contributed by atoms with Crippen LogP contribution in [0.4, 0.5) is 4.39 Å². The van der Waals surface area contributed by atoms with Gasteiger partial charge in [0.15, 0.2) is 10.2 Å². The van der Waals surface area contributed by atoms with E-state index >= 15 is 0 Å². The molecule has 3 aromatic rings. The standard InChI is InChI=1S/C20H19FN4O2S/c21-14-4-1-3-13(11-14)19-16(6-7-17(26)25-19)24-12-15-5-8-18(27-15)28-20-22-9-2-10-23-20/h1-5,8-11,16,19,24H,6-7,12H2,(H,25,26)/t16-,19+/m1/s1. The topological polar surface area (TPSA) is 80.1 Å². The maximum Gasteiger partial charge on any atom is 0.220 e. The van der Waals surface area contributed by atoms with Gasteiger partial charge in [-0.3, -0.25) is 4.79 Å². The molecule has 2 atom stereocenters. The molecule has 0 spiro atoms. The van der Waals surface area contributed by atoms with Crippen molar-refractivity contribution < 1.29 is 13.6 Å². The Balaban J connectivity index is 1.41. The highest BCUT2D eigenvalue weighted by Crippen LogP contribution is 2.28. The first-order valence-corrected chi connectivity index (χ1v) is 9.81. The number of halogens is 1. The summed E-state index contributed by atoms with van der Waals surface area (Å²) in [6.45, 7) is 0.503. The molecule has 4 rings (SSSR count). The largest absolute Gasteiger partial charge is 0.453 e. The molecular weight excluding hydrogens is 379 g/mol. The molecule has 1 saturated heterocycles. The number of carbonyl (C=O) groups is 1. The third-order valence-corrected chi connectivity index (χ3v) is 5.33. The SMILES string of the molecule is O=C1CC[C@@H](NCc2ccc(Sc3ncccn3)o2)[C@H](c2cccc(F)c2)N1. The Hall–Kier alpha value is -2.71. The van der Waals surface area contributed by atoms with Crippen molar-refractivity contribution in [3.05, 3.63) is 72.0 Å². The molecule has 2 N–H and O–H groups in total. The molecule has 0 saturated carbocycles. The monoisotopic (exact) mass is 398 g/mol. The molecule has 1 aromatic carbocycles. The fourth-order valence-electron chi connectivity index (χ4n) is 3.20. The highest BCUT2D eigenvalue weighted by Gasteiger charge is 2.30. The third kappa shape index (κ3) is 4.58. The normalized spacial score (nSPS) is 19.4. The quantitative estimate of drug-likeness (QED) is 0.619. The van der Waals surface area contributed by atoms with Crippen molar-refractivity contribution in [1.82, 2.24) is 20.6 Å². The number of furan rings is 1. The maximum atomic E-state index is 13.6. The zero-order chi connectivity index (χ0) is 19.3. The molecular formula is C20H19FN4O2S. The van der Waals surface area contributed by atoms with Crippen LogP contribution in [-0.4, -0.2) is 21.9 Å². The van der Waals surface area contributed by atoms with Gasteiger partial charge in [0.25, 0.3) is 0 Å². The molecule has 0 aliphatic carbocycles. The van der Waals surface area contributed by atoms with Crippen molar-refractivity contribution >= 4 is 17.7 Å². The smallest absolute Gasteiger partial charge is 0.220 e. The molecule has 8 heteroatoms. The van der Waals surface area contributed by atoms with Gasteiger partial charge >= 0.3 is 0 Å². The van der Waals surface area contributed by atoms with Crippen LogP contribution in [0.25, 0.3) is 0 Å². The zero-order valence-electron chi connectivity index (χ0n) is 15.0. The lowest BCUT2D eigenvalue weighted by molar-refractivity contribution is -0.123. The van der Waals surface area contributed by atoms with Crippen molar-refractivity contribution in [1.29, 1.82) is 0 Å². The Morgan fingerprint density at radius 3 is 2.89 bits per heavy atom. The summed E-state index contributed by atoms with van der Waals surface area (Å²) in [5.41, 5.74) is 0.752. The second kappa shape index (κ2) is 8.53. The fourth-order valence-corrected chi connectivity index (χ4v) is 3.89. The molecule has 1 fully saturated rings. The summed E-state index contributed by atoms with van der Waals surface area (Å²) in [6, 6.07) is 11.6. The fraction of sp³-hybridized carbons (Fsp3) is 0.250. The van der Waals surface area contributed by atoms with Gasteiger partial charge in [-0.2, -0.15) is 0 Å². The minimum absolute atomic E-state index is 0.0156. The first kappa shape index (κ1) is 18.6. The van der Waals surface area contributed by atoms with E-state index in [9.17, 15) is 9.18 Å². The summed E-state index contributed by atoms with van der Waals surface area (Å²) in [6.07, 6.45) is 4.48. The van der Waals surface area contributed by atoms with Gasteiger partial charge in [-0.05, 0) is 54.1 Å². The van der Waals surface area contributed by atoms with Crippen molar-refractivity contribution in [3.63, 3.8) is 0 Å². The molecule has 6 nitrogen and oxygen atoms in total. The Labute approximate surface area is 166 Å². The second-order valence-corrected chi connectivity index (χ2v) is 7.45. The Bertz CT molecular complexity index is 950. The van der Waals surface area contributed by atoms with Gasteiger partial charge in [0.2, 0.25) is 5.91 Å². The highest BCUT2D eigenvalue weighted by molar-refractivity contribution is 7.99. The van der Waals surface area contributed by atoms with E-state index in [-0.39, 0.29) is 23.8 Å². The van der Waals surface area contributed by atoms with Crippen LogP contribution in [0.5, 0.6) is 0 Å². The molecule has 1 aliphatic rings. The van der Waals surface area contributed by atoms with Crippen molar-refractivity contribution in [3.8, 4) is 0 Å². The van der Waals surface area contributed by atoms with E-state index in [4.69, 9.17) is 4.42 Å². The first-order valence-electron chi connectivity index (χ1n) is 8.99. The molecule has 0 unspecified atom stereocenters. The van der Waals surface area contributed by atoms with E-state index < -0.39 is 0 Å². The van der Waals surface area contributed by atoms with Gasteiger partial charge in [0.05, 0.1) is 12.6 Å². The molecule has 0 radical (unpaired) electrons. The summed E-state index contributed by atoms with van der Waals surface area (Å²) in [5.74, 6) is 0.437. The first-order chi connectivity index (χ1) is 13.7. The van der Waals surface area contributed by atoms with E-state index in [1.807, 2.05) is 18.2 Å². The van der Waals surface area contributed by atoms with Crippen LogP contribution in [0.2, 0.25) is 0 Å². The number of nitrogens with zero attached hydrogens (tertiary/aromatic N) is 2. The number of amides is 1. The predicted octanol–water partition coefficient (Wildman–Crippen LogP) is 3.47. The number of piperidine rings is 1. The third-order valence-electron chi connectivity index (χ3n) is 4.52. The van der Waals surface area contributed by atoms with Gasteiger partial charge in [-0.15, -0.1) is 0 Å². The highest BCUT2D eigenvalue weighted by atomic mass is 32.2. The number of hydrogen-bond donors (Lipinski definition) is 2. The second-order valence-electron chi connectivity index (χ2n) is 6.48. The maximum absolute atomic E-state index is 13.6. The van der Waals surface area contributed by atoms with Gasteiger partial charge in [-0.1, -0.05) is 12.1 Å². The Kier molecular flexibility index (Phi) is 5.68. The lowest BCUT2D eigenvalue weighted by atomic mass is 9.92. The number of hydrogen-bond acceptors (Lipinski definition) is 6. The lowest BCUT2D eigenvalue weighted by Gasteiger charge is -2.33. The van der Waals surface area contributed by atoms with E-state index in [0.29, 0.717) is 29.6 Å². The summed E-state index contributed by atoms with van der Waals surface area (Å²) in [5, 5.41) is 7.73. The number of rotatable bonds is 6. The number of carbonyl (C=O) groups excluding carboxylic acids is 1. The van der Waals surface area contributed by atoms with Crippen LogP contribution >= 0.6 is 11.8 Å². The molecule has 0 bridgehead atoms. The number of aromatic nitrogens is 2. The minimum atomic E-state index is -0.313. The molecule has 2 aromatic heterocycles. The molecule has 28 heavy (non-hydrogen) atoms. The van der Waals surface area contributed by atoms with Crippen LogP contribution in [-0.2, 0) is 11.3 Å². The van der Waals surface area contributed by atoms with Crippen LogP contribution in [0.3, 0.4) is 0 Å². The Morgan fingerprint density at radius 2 is 2.07 bits per heavy atom. The number of nitrogens with one attached hydrogen (secondary N) is 2. The summed E-state index contributed by atoms with van der Waals surface area (Å²) in [4.78, 5) is 20.2. The van der Waals surface area contributed by atoms with Crippen molar-refractivity contribution in [2.24, 2.45) is 0 Å². The van der Waals surface area contributed by atoms with E-state index in [0.717, 1.165) is 11.3 Å².